The summed E-state index contributed by atoms with van der Waals surface area (Å²) in [7, 11) is 0. The lowest BCUT2D eigenvalue weighted by atomic mass is 10.1. The lowest BCUT2D eigenvalue weighted by Gasteiger charge is -2.10. The van der Waals surface area contributed by atoms with Gasteiger partial charge in [0.15, 0.2) is 6.61 Å². The number of hydrogen-bond donors (Lipinski definition) is 1. The van der Waals surface area contributed by atoms with Gasteiger partial charge in [0.05, 0.1) is 26.6 Å². The molecule has 8 nitrogen and oxygen atoms in total. The van der Waals surface area contributed by atoms with E-state index >= 15 is 0 Å². The van der Waals surface area contributed by atoms with E-state index in [0.29, 0.717) is 27.7 Å². The molecule has 0 unspecified atom stereocenters. The van der Waals surface area contributed by atoms with Crippen molar-refractivity contribution in [1.82, 2.24) is 4.98 Å². The normalized spacial score (nSPS) is 10.7. The number of aryl methyl sites for hydroxylation is 1. The first-order valence-electron chi connectivity index (χ1n) is 9.58. The molecule has 0 spiro atoms. The molecule has 0 aliphatic carbocycles. The van der Waals surface area contributed by atoms with Crippen LogP contribution < -0.4 is 5.32 Å². The minimum absolute atomic E-state index is 0.107. The van der Waals surface area contributed by atoms with Crippen molar-refractivity contribution in [3.63, 3.8) is 0 Å². The average molecular weight is 447 g/mol. The fraction of sp³-hybridized carbons (Fsp3) is 0.0870. The van der Waals surface area contributed by atoms with Gasteiger partial charge in [0.1, 0.15) is 0 Å². The van der Waals surface area contributed by atoms with Gasteiger partial charge in [0, 0.05) is 22.7 Å². The lowest BCUT2D eigenvalue weighted by Crippen LogP contribution is -2.21. The molecule has 0 fully saturated rings. The second kappa shape index (κ2) is 8.94. The Kier molecular flexibility index (Phi) is 5.91. The van der Waals surface area contributed by atoms with Crippen molar-refractivity contribution in [2.45, 2.75) is 6.92 Å². The van der Waals surface area contributed by atoms with Crippen LogP contribution in [0.5, 0.6) is 0 Å². The molecule has 2 aromatic carbocycles. The van der Waals surface area contributed by atoms with Gasteiger partial charge in [-0.1, -0.05) is 30.3 Å². The zero-order chi connectivity index (χ0) is 22.7. The number of benzene rings is 2. The zero-order valence-electron chi connectivity index (χ0n) is 16.9. The molecule has 160 valence electrons. The summed E-state index contributed by atoms with van der Waals surface area (Å²) in [5.74, 6) is -1.26. The number of ether oxygens (including phenoxy) is 1. The second-order valence-corrected chi connectivity index (χ2v) is 7.88. The number of carbonyl (C=O) groups excluding carboxylic acids is 2. The van der Waals surface area contributed by atoms with Crippen LogP contribution in [-0.2, 0) is 9.53 Å². The van der Waals surface area contributed by atoms with Gasteiger partial charge in [0.25, 0.3) is 11.6 Å². The lowest BCUT2D eigenvalue weighted by molar-refractivity contribution is -0.385. The Labute approximate surface area is 186 Å². The van der Waals surface area contributed by atoms with E-state index in [2.05, 4.69) is 10.3 Å². The van der Waals surface area contributed by atoms with E-state index in [1.54, 1.807) is 37.3 Å². The van der Waals surface area contributed by atoms with Crippen LogP contribution in [0.3, 0.4) is 0 Å². The summed E-state index contributed by atoms with van der Waals surface area (Å²) < 4.78 is 5.23. The van der Waals surface area contributed by atoms with E-state index in [9.17, 15) is 19.7 Å². The Morgan fingerprint density at radius 1 is 1.12 bits per heavy atom. The molecule has 2 heterocycles. The van der Waals surface area contributed by atoms with Crippen molar-refractivity contribution in [2.75, 3.05) is 11.9 Å². The Bertz CT molecular complexity index is 1330. The number of esters is 1. The highest BCUT2D eigenvalue weighted by Gasteiger charge is 2.18. The quantitative estimate of drug-likeness (QED) is 0.254. The highest BCUT2D eigenvalue weighted by molar-refractivity contribution is 7.13. The Hall–Kier alpha value is -4.11. The largest absolute Gasteiger partial charge is 0.452 e. The predicted molar refractivity (Wildman–Crippen MR) is 122 cm³/mol. The molecule has 0 saturated carbocycles. The van der Waals surface area contributed by atoms with Gasteiger partial charge >= 0.3 is 5.97 Å². The molecule has 1 N–H and O–H groups in total. The van der Waals surface area contributed by atoms with Crippen molar-refractivity contribution in [1.29, 1.82) is 0 Å². The molecule has 4 rings (SSSR count). The molecular weight excluding hydrogens is 430 g/mol. The topological polar surface area (TPSA) is 111 Å². The van der Waals surface area contributed by atoms with Gasteiger partial charge in [-0.2, -0.15) is 0 Å². The number of para-hydroxylation sites is 1. The number of nitrogens with one attached hydrogen (secondary N) is 1. The summed E-state index contributed by atoms with van der Waals surface area (Å²) in [6.07, 6.45) is 0. The minimum atomic E-state index is -0.661. The van der Waals surface area contributed by atoms with Crippen LogP contribution in [-0.4, -0.2) is 28.4 Å². The zero-order valence-corrected chi connectivity index (χ0v) is 17.7. The van der Waals surface area contributed by atoms with Gasteiger partial charge in [-0.25, -0.2) is 9.78 Å². The molecule has 9 heteroatoms. The third-order valence-electron chi connectivity index (χ3n) is 4.73. The van der Waals surface area contributed by atoms with Crippen LogP contribution in [0.15, 0.2) is 66.0 Å². The van der Waals surface area contributed by atoms with Crippen molar-refractivity contribution in [3.8, 4) is 10.6 Å². The summed E-state index contributed by atoms with van der Waals surface area (Å²) in [6.45, 7) is 1.07. The number of anilines is 1. The standard InChI is InChI=1S/C23H17N3O5S/c1-14-8-9-15(11-20(14)26(29)30)24-22(27)13-31-23(28)17-12-19(21-7-4-10-32-21)25-18-6-3-2-5-16(17)18/h2-12H,13H2,1H3,(H,24,27). The van der Waals surface area contributed by atoms with Crippen LogP contribution in [0, 0.1) is 17.0 Å². The third kappa shape index (κ3) is 4.47. The smallest absolute Gasteiger partial charge is 0.339 e. The Morgan fingerprint density at radius 2 is 1.94 bits per heavy atom. The molecule has 0 atom stereocenters. The van der Waals surface area contributed by atoms with Crippen molar-refractivity contribution < 1.29 is 19.2 Å². The van der Waals surface area contributed by atoms with Crippen LogP contribution in [0.25, 0.3) is 21.5 Å². The number of nitro benzene ring substituents is 1. The second-order valence-electron chi connectivity index (χ2n) is 6.93. The van der Waals surface area contributed by atoms with Gasteiger partial charge in [-0.05, 0) is 36.6 Å². The summed E-state index contributed by atoms with van der Waals surface area (Å²) in [5.41, 5.74) is 2.20. The molecule has 0 aliphatic rings. The van der Waals surface area contributed by atoms with Gasteiger partial charge in [-0.15, -0.1) is 11.3 Å². The molecule has 32 heavy (non-hydrogen) atoms. The number of pyridine rings is 1. The maximum atomic E-state index is 12.8. The summed E-state index contributed by atoms with van der Waals surface area (Å²) in [4.78, 5) is 41.1. The van der Waals surface area contributed by atoms with Crippen LogP contribution in [0.4, 0.5) is 11.4 Å². The number of hydrogen-bond acceptors (Lipinski definition) is 7. The SMILES string of the molecule is Cc1ccc(NC(=O)COC(=O)c2cc(-c3cccs3)nc3ccccc23)cc1[N+](=O)[O-]. The fourth-order valence-corrected chi connectivity index (χ4v) is 3.87. The number of nitrogens with zero attached hydrogens (tertiary/aromatic N) is 2. The number of aromatic nitrogens is 1. The highest BCUT2D eigenvalue weighted by Crippen LogP contribution is 2.28. The number of carbonyl (C=O) groups is 2. The Morgan fingerprint density at radius 3 is 2.69 bits per heavy atom. The maximum Gasteiger partial charge on any atom is 0.339 e. The summed E-state index contributed by atoms with van der Waals surface area (Å²) >= 11 is 1.50. The first kappa shape index (κ1) is 21.1. The third-order valence-corrected chi connectivity index (χ3v) is 5.63. The van der Waals surface area contributed by atoms with Crippen LogP contribution in [0.2, 0.25) is 0 Å². The maximum absolute atomic E-state index is 12.8. The van der Waals surface area contributed by atoms with E-state index in [-0.39, 0.29) is 11.4 Å². The van der Waals surface area contributed by atoms with E-state index in [4.69, 9.17) is 4.74 Å². The molecule has 4 aromatic rings. The molecule has 0 saturated heterocycles. The van der Waals surface area contributed by atoms with Gasteiger partial charge in [0.2, 0.25) is 0 Å². The number of fused-ring (bicyclic) bond motifs is 1. The number of nitro groups is 1. The predicted octanol–water partition coefficient (Wildman–Crippen LogP) is 4.98. The summed E-state index contributed by atoms with van der Waals surface area (Å²) in [5, 5.41) is 16.1. The molecule has 0 aliphatic heterocycles. The minimum Gasteiger partial charge on any atom is -0.452 e. The van der Waals surface area contributed by atoms with E-state index in [1.165, 1.54) is 23.5 Å². The van der Waals surface area contributed by atoms with Gasteiger partial charge in [-0.3, -0.25) is 14.9 Å². The number of amides is 1. The van der Waals surface area contributed by atoms with Crippen molar-refractivity contribution in [3.05, 3.63) is 87.3 Å². The van der Waals surface area contributed by atoms with Crippen LogP contribution >= 0.6 is 11.3 Å². The molecule has 1 amide bonds. The monoisotopic (exact) mass is 447 g/mol. The first-order chi connectivity index (χ1) is 15.4. The highest BCUT2D eigenvalue weighted by atomic mass is 32.1. The van der Waals surface area contributed by atoms with Crippen molar-refractivity contribution in [2.24, 2.45) is 0 Å². The molecule has 0 radical (unpaired) electrons. The average Bonchev–Trinajstić information content (AvgIpc) is 3.33. The molecule has 2 aromatic heterocycles. The first-order valence-corrected chi connectivity index (χ1v) is 10.5. The molecule has 0 bridgehead atoms. The van der Waals surface area contributed by atoms with Crippen LogP contribution in [0.1, 0.15) is 15.9 Å². The Balaban J connectivity index is 1.51. The summed E-state index contributed by atoms with van der Waals surface area (Å²) in [6, 6.07) is 17.0. The van der Waals surface area contributed by atoms with Crippen molar-refractivity contribution >= 4 is 45.5 Å². The molecular formula is C23H17N3O5S. The van der Waals surface area contributed by atoms with E-state index in [1.807, 2.05) is 23.6 Å². The van der Waals surface area contributed by atoms with E-state index in [0.717, 1.165) is 4.88 Å². The number of rotatable bonds is 6. The van der Waals surface area contributed by atoms with E-state index < -0.39 is 23.4 Å². The van der Waals surface area contributed by atoms with Gasteiger partial charge < -0.3 is 10.1 Å². The fourth-order valence-electron chi connectivity index (χ4n) is 3.18. The number of thiophene rings is 1.